The first-order chi connectivity index (χ1) is 9.81. The van der Waals surface area contributed by atoms with E-state index >= 15 is 0 Å². The third-order valence-corrected chi connectivity index (χ3v) is 3.04. The van der Waals surface area contributed by atoms with Crippen LogP contribution in [0, 0.1) is 0 Å². The number of aliphatic hydroxyl groups excluding tert-OH is 2. The minimum absolute atomic E-state index is 0.0464. The Balaban J connectivity index is 2.01. The number of benzene rings is 1. The minimum Gasteiger partial charge on any atom is -0.437 e. The Hall–Kier alpha value is -2.37. The van der Waals surface area contributed by atoms with E-state index in [1.807, 2.05) is 30.5 Å². The molecule has 5 nitrogen and oxygen atoms in total. The molecule has 0 saturated carbocycles. The van der Waals surface area contributed by atoms with E-state index in [4.69, 9.17) is 9.84 Å². The van der Waals surface area contributed by atoms with Crippen LogP contribution < -0.4 is 4.74 Å². The summed E-state index contributed by atoms with van der Waals surface area (Å²) in [5.41, 5.74) is 2.07. The number of hydrogen-bond donors (Lipinski definition) is 2. The van der Waals surface area contributed by atoms with Gasteiger partial charge in [0.15, 0.2) is 0 Å². The highest BCUT2D eigenvalue weighted by molar-refractivity contribution is 5.46. The highest BCUT2D eigenvalue weighted by atomic mass is 16.5. The molecule has 0 radical (unpaired) electrons. The Morgan fingerprint density at radius 1 is 1.05 bits per heavy atom. The zero-order chi connectivity index (χ0) is 13.9. The van der Waals surface area contributed by atoms with Crippen LogP contribution in [0.25, 0.3) is 5.65 Å². The van der Waals surface area contributed by atoms with E-state index in [2.05, 4.69) is 4.98 Å². The Bertz CT molecular complexity index is 737. The zero-order valence-corrected chi connectivity index (χ0v) is 10.7. The molecule has 0 amide bonds. The second-order valence-electron chi connectivity index (χ2n) is 4.36. The van der Waals surface area contributed by atoms with Crippen molar-refractivity contribution in [3.8, 4) is 11.6 Å². The molecule has 3 aromatic rings. The van der Waals surface area contributed by atoms with Crippen LogP contribution in [0.5, 0.6) is 11.6 Å². The van der Waals surface area contributed by atoms with Gasteiger partial charge < -0.3 is 14.9 Å². The first-order valence-corrected chi connectivity index (χ1v) is 6.26. The number of pyridine rings is 1. The van der Waals surface area contributed by atoms with Gasteiger partial charge in [-0.15, -0.1) is 0 Å². The molecule has 0 aliphatic heterocycles. The van der Waals surface area contributed by atoms with Gasteiger partial charge in [0.1, 0.15) is 17.1 Å². The molecule has 2 heterocycles. The second kappa shape index (κ2) is 5.32. The monoisotopic (exact) mass is 270 g/mol. The molecule has 5 heteroatoms. The van der Waals surface area contributed by atoms with Gasteiger partial charge >= 0.3 is 0 Å². The van der Waals surface area contributed by atoms with Gasteiger partial charge in [-0.1, -0.05) is 18.2 Å². The standard InChI is InChI=1S/C15H14N2O3/c18-9-11-4-3-5-12(8-11)20-15-13(10-19)17-7-2-1-6-14(17)16-15/h1-8,18-19H,9-10H2. The largest absolute Gasteiger partial charge is 0.437 e. The van der Waals surface area contributed by atoms with E-state index in [1.165, 1.54) is 0 Å². The number of rotatable bonds is 4. The van der Waals surface area contributed by atoms with Crippen LogP contribution in [0.15, 0.2) is 48.7 Å². The number of fused-ring (bicyclic) bond motifs is 1. The molecule has 0 fully saturated rings. The number of hydrogen-bond acceptors (Lipinski definition) is 4. The van der Waals surface area contributed by atoms with E-state index in [0.29, 0.717) is 23.0 Å². The van der Waals surface area contributed by atoms with Crippen LogP contribution >= 0.6 is 0 Å². The van der Waals surface area contributed by atoms with Gasteiger partial charge in [0.05, 0.1) is 13.2 Å². The van der Waals surface area contributed by atoms with Crippen molar-refractivity contribution >= 4 is 5.65 Å². The maximum Gasteiger partial charge on any atom is 0.243 e. The zero-order valence-electron chi connectivity index (χ0n) is 10.7. The van der Waals surface area contributed by atoms with Crippen molar-refractivity contribution < 1.29 is 14.9 Å². The second-order valence-corrected chi connectivity index (χ2v) is 4.36. The fraction of sp³-hybridized carbons (Fsp3) is 0.133. The number of aliphatic hydroxyl groups is 2. The van der Waals surface area contributed by atoms with Gasteiger partial charge in [-0.2, -0.15) is 4.98 Å². The van der Waals surface area contributed by atoms with Gasteiger partial charge in [0, 0.05) is 6.20 Å². The first-order valence-electron chi connectivity index (χ1n) is 6.26. The smallest absolute Gasteiger partial charge is 0.243 e. The molecular weight excluding hydrogens is 256 g/mol. The summed E-state index contributed by atoms with van der Waals surface area (Å²) < 4.78 is 7.51. The van der Waals surface area contributed by atoms with Crippen LogP contribution in [0.3, 0.4) is 0 Å². The normalized spacial score (nSPS) is 10.9. The van der Waals surface area contributed by atoms with Crippen LogP contribution in [0.4, 0.5) is 0 Å². The van der Waals surface area contributed by atoms with E-state index in [-0.39, 0.29) is 13.2 Å². The van der Waals surface area contributed by atoms with Crippen molar-refractivity contribution in [1.29, 1.82) is 0 Å². The lowest BCUT2D eigenvalue weighted by Gasteiger charge is -2.05. The molecule has 0 saturated heterocycles. The fourth-order valence-electron chi connectivity index (χ4n) is 2.07. The molecule has 102 valence electrons. The molecule has 20 heavy (non-hydrogen) atoms. The lowest BCUT2D eigenvalue weighted by Crippen LogP contribution is -1.95. The molecular formula is C15H14N2O3. The number of imidazole rings is 1. The van der Waals surface area contributed by atoms with Crippen molar-refractivity contribution in [2.75, 3.05) is 0 Å². The molecule has 0 atom stereocenters. The van der Waals surface area contributed by atoms with Crippen molar-refractivity contribution in [2.45, 2.75) is 13.2 Å². The van der Waals surface area contributed by atoms with Gasteiger partial charge in [0.25, 0.3) is 0 Å². The molecule has 1 aromatic carbocycles. The quantitative estimate of drug-likeness (QED) is 0.762. The summed E-state index contributed by atoms with van der Waals surface area (Å²) >= 11 is 0. The Morgan fingerprint density at radius 3 is 2.75 bits per heavy atom. The summed E-state index contributed by atoms with van der Waals surface area (Å²) in [4.78, 5) is 4.35. The highest BCUT2D eigenvalue weighted by Gasteiger charge is 2.13. The number of ether oxygens (including phenoxy) is 1. The van der Waals surface area contributed by atoms with Gasteiger partial charge in [-0.05, 0) is 29.8 Å². The van der Waals surface area contributed by atoms with E-state index in [0.717, 1.165) is 5.56 Å². The van der Waals surface area contributed by atoms with Gasteiger partial charge in [-0.25, -0.2) is 0 Å². The van der Waals surface area contributed by atoms with E-state index < -0.39 is 0 Å². The molecule has 0 aliphatic carbocycles. The van der Waals surface area contributed by atoms with Crippen molar-refractivity contribution in [3.63, 3.8) is 0 Å². The molecule has 2 N–H and O–H groups in total. The SMILES string of the molecule is OCc1cccc(Oc2nc3ccccn3c2CO)c1. The van der Waals surface area contributed by atoms with Crippen LogP contribution in [-0.4, -0.2) is 19.6 Å². The average molecular weight is 270 g/mol. The summed E-state index contributed by atoms with van der Waals surface area (Å²) in [6.45, 7) is -0.213. The lowest BCUT2D eigenvalue weighted by molar-refractivity contribution is 0.269. The topological polar surface area (TPSA) is 67.0 Å². The average Bonchev–Trinajstić information content (AvgIpc) is 2.84. The van der Waals surface area contributed by atoms with Crippen molar-refractivity contribution in [2.24, 2.45) is 0 Å². The van der Waals surface area contributed by atoms with Crippen LogP contribution in [-0.2, 0) is 13.2 Å². The van der Waals surface area contributed by atoms with Crippen molar-refractivity contribution in [3.05, 3.63) is 59.9 Å². The lowest BCUT2D eigenvalue weighted by atomic mass is 10.2. The summed E-state index contributed by atoms with van der Waals surface area (Å²) in [5.74, 6) is 0.948. The fourth-order valence-corrected chi connectivity index (χ4v) is 2.07. The Labute approximate surface area is 115 Å². The molecule has 0 unspecified atom stereocenters. The van der Waals surface area contributed by atoms with Crippen LogP contribution in [0.2, 0.25) is 0 Å². The van der Waals surface area contributed by atoms with Crippen molar-refractivity contribution in [1.82, 2.24) is 9.38 Å². The predicted octanol–water partition coefficient (Wildman–Crippen LogP) is 2.11. The van der Waals surface area contributed by atoms with E-state index in [9.17, 15) is 5.11 Å². The Morgan fingerprint density at radius 2 is 1.95 bits per heavy atom. The summed E-state index contributed by atoms with van der Waals surface area (Å²) in [6, 6.07) is 12.7. The molecule has 3 rings (SSSR count). The third-order valence-electron chi connectivity index (χ3n) is 3.04. The minimum atomic E-state index is -0.166. The summed E-state index contributed by atoms with van der Waals surface area (Å²) in [5, 5.41) is 18.6. The maximum atomic E-state index is 9.50. The molecule has 0 aliphatic rings. The molecule has 2 aromatic heterocycles. The Kier molecular flexibility index (Phi) is 3.37. The molecule has 0 spiro atoms. The summed E-state index contributed by atoms with van der Waals surface area (Å²) in [7, 11) is 0. The predicted molar refractivity (Wildman–Crippen MR) is 73.6 cm³/mol. The third kappa shape index (κ3) is 2.24. The number of nitrogens with zero attached hydrogens (tertiary/aromatic N) is 2. The first kappa shape index (κ1) is 12.7. The summed E-state index contributed by atoms with van der Waals surface area (Å²) in [6.07, 6.45) is 1.82. The van der Waals surface area contributed by atoms with Gasteiger partial charge in [0.2, 0.25) is 5.88 Å². The van der Waals surface area contributed by atoms with Crippen LogP contribution in [0.1, 0.15) is 11.3 Å². The van der Waals surface area contributed by atoms with E-state index in [1.54, 1.807) is 22.6 Å². The highest BCUT2D eigenvalue weighted by Crippen LogP contribution is 2.26. The van der Waals surface area contributed by atoms with Gasteiger partial charge in [-0.3, -0.25) is 4.40 Å². The number of aromatic nitrogens is 2. The maximum absolute atomic E-state index is 9.50. The molecule has 0 bridgehead atoms.